The van der Waals surface area contributed by atoms with Gasteiger partial charge in [0.2, 0.25) is 0 Å². The molecular weight excluding hydrogens is 387 g/mol. The summed E-state index contributed by atoms with van der Waals surface area (Å²) in [7, 11) is 0. The number of halogens is 1. The van der Waals surface area contributed by atoms with Crippen molar-refractivity contribution in [2.24, 2.45) is 0 Å². The summed E-state index contributed by atoms with van der Waals surface area (Å²) in [6, 6.07) is 16.4. The first kappa shape index (κ1) is 18.2. The molecule has 0 saturated heterocycles. The molecule has 6 heteroatoms. The van der Waals surface area contributed by atoms with E-state index in [9.17, 15) is 0 Å². The Morgan fingerprint density at radius 3 is 1.27 bits per heavy atom. The minimum absolute atomic E-state index is 0. The predicted molar refractivity (Wildman–Crippen MR) is 106 cm³/mol. The molecule has 0 saturated carbocycles. The van der Waals surface area contributed by atoms with E-state index < -0.39 is 0 Å². The molecule has 2 aliphatic heterocycles. The molecule has 0 aliphatic carbocycles. The normalized spacial score (nSPS) is 11.7. The predicted octanol–water partition coefficient (Wildman–Crippen LogP) is 5.07. The maximum Gasteiger partial charge on any atom is 0.0659 e. The van der Waals surface area contributed by atoms with Crippen molar-refractivity contribution in [1.82, 2.24) is 19.9 Å². The van der Waals surface area contributed by atoms with Crippen molar-refractivity contribution < 1.29 is 17.1 Å². The first-order valence-electron chi connectivity index (χ1n) is 7.85. The van der Waals surface area contributed by atoms with Gasteiger partial charge in [-0.25, -0.2) is 9.97 Å². The monoisotopic (exact) mass is 401 g/mol. The fourth-order valence-corrected chi connectivity index (χ4v) is 2.94. The number of hydrogen-bond donors (Lipinski definition) is 2. The van der Waals surface area contributed by atoms with Crippen LogP contribution in [0, 0.1) is 0 Å². The molecule has 2 aliphatic rings. The molecule has 0 spiro atoms. The van der Waals surface area contributed by atoms with Crippen LogP contribution in [0.5, 0.6) is 0 Å². The Balaban J connectivity index is 0.000000980. The first-order valence-corrected chi connectivity index (χ1v) is 7.85. The van der Waals surface area contributed by atoms with Gasteiger partial charge in [-0.2, -0.15) is 0 Å². The van der Waals surface area contributed by atoms with E-state index in [2.05, 4.69) is 50.3 Å². The Morgan fingerprint density at radius 2 is 0.846 bits per heavy atom. The third-order valence-electron chi connectivity index (χ3n) is 4.04. The van der Waals surface area contributed by atoms with Crippen molar-refractivity contribution in [3.63, 3.8) is 0 Å². The Labute approximate surface area is 167 Å². The molecule has 3 aromatic heterocycles. The maximum atomic E-state index is 4.62. The zero-order valence-corrected chi connectivity index (χ0v) is 15.6. The molecule has 0 unspecified atom stereocenters. The number of aromatic amines is 2. The largest absolute Gasteiger partial charge is 0.355 e. The third-order valence-corrected chi connectivity index (χ3v) is 4.04. The molecule has 26 heavy (non-hydrogen) atoms. The van der Waals surface area contributed by atoms with Crippen molar-refractivity contribution in [3.05, 3.63) is 71.3 Å². The molecule has 5 heterocycles. The molecule has 0 fully saturated rings. The molecule has 4 nitrogen and oxygen atoms in total. The average molecular weight is 402 g/mol. The molecule has 0 amide bonds. The maximum absolute atomic E-state index is 4.62. The Morgan fingerprint density at radius 1 is 0.500 bits per heavy atom. The zero-order valence-electron chi connectivity index (χ0n) is 13.6. The van der Waals surface area contributed by atoms with Gasteiger partial charge in [-0.05, 0) is 72.8 Å². The van der Waals surface area contributed by atoms with Crippen molar-refractivity contribution >= 4 is 58.8 Å². The fraction of sp³-hybridized carbons (Fsp3) is 0. The molecular formula is C20H15ClMnN4. The second-order valence-corrected chi connectivity index (χ2v) is 5.91. The topological polar surface area (TPSA) is 57.4 Å². The van der Waals surface area contributed by atoms with E-state index in [1.165, 1.54) is 0 Å². The van der Waals surface area contributed by atoms with Crippen LogP contribution in [-0.4, -0.2) is 19.9 Å². The van der Waals surface area contributed by atoms with Gasteiger partial charge in [0.1, 0.15) is 0 Å². The number of hydrogen-bond acceptors (Lipinski definition) is 2. The van der Waals surface area contributed by atoms with Crippen LogP contribution in [0.25, 0.3) is 46.4 Å². The van der Waals surface area contributed by atoms with E-state index in [1.54, 1.807) is 0 Å². The van der Waals surface area contributed by atoms with Crippen LogP contribution >= 0.6 is 12.4 Å². The Bertz CT molecular complexity index is 1080. The number of aromatic nitrogens is 4. The minimum atomic E-state index is 0. The number of nitrogens with one attached hydrogen (secondary N) is 2. The van der Waals surface area contributed by atoms with Crippen molar-refractivity contribution in [1.29, 1.82) is 0 Å². The molecule has 5 rings (SSSR count). The van der Waals surface area contributed by atoms with E-state index in [4.69, 9.17) is 0 Å². The molecule has 2 N–H and O–H groups in total. The van der Waals surface area contributed by atoms with Gasteiger partial charge in [0.25, 0.3) is 0 Å². The fourth-order valence-electron chi connectivity index (χ4n) is 2.94. The second kappa shape index (κ2) is 7.34. The number of fused-ring (bicyclic) bond motifs is 8. The van der Waals surface area contributed by atoms with Crippen LogP contribution in [0.3, 0.4) is 0 Å². The molecule has 8 bridgehead atoms. The van der Waals surface area contributed by atoms with Crippen LogP contribution in [0.4, 0.5) is 0 Å². The average Bonchev–Trinajstić information content (AvgIpc) is 3.32. The third kappa shape index (κ3) is 3.65. The Kier molecular flexibility index (Phi) is 5.14. The summed E-state index contributed by atoms with van der Waals surface area (Å²) in [5, 5.41) is 0. The van der Waals surface area contributed by atoms with E-state index in [1.807, 2.05) is 42.5 Å². The minimum Gasteiger partial charge on any atom is -0.355 e. The van der Waals surface area contributed by atoms with Gasteiger partial charge < -0.3 is 9.97 Å². The van der Waals surface area contributed by atoms with E-state index in [0.29, 0.717) is 0 Å². The second-order valence-electron chi connectivity index (χ2n) is 5.91. The molecule has 3 aromatic rings. The SMILES string of the molecule is C1=Cc2cc3ccc(cc4ccc(cc5nc(cc1n2)C=C5)[nH]4)[nH]3.Cl.[Mn]. The van der Waals surface area contributed by atoms with Crippen LogP contribution in [-0.2, 0) is 17.1 Å². The molecule has 0 atom stereocenters. The number of nitrogens with zero attached hydrogens (tertiary/aromatic N) is 2. The van der Waals surface area contributed by atoms with Gasteiger partial charge in [0.15, 0.2) is 0 Å². The van der Waals surface area contributed by atoms with Gasteiger partial charge in [-0.15, -0.1) is 12.4 Å². The summed E-state index contributed by atoms with van der Waals surface area (Å²) in [6.07, 6.45) is 8.05. The van der Waals surface area contributed by atoms with Crippen molar-refractivity contribution in [2.75, 3.05) is 0 Å². The van der Waals surface area contributed by atoms with Gasteiger partial charge >= 0.3 is 0 Å². The van der Waals surface area contributed by atoms with Gasteiger partial charge in [0, 0.05) is 39.1 Å². The standard InChI is InChI=1S/C20H14N4.ClH.Mn/c1-2-14-10-16-5-6-18(23-16)12-20-8-7-19(24-20)11-17-4-3-15(22-17)9-13(1)21-14;;/h1-12,21-22H;1H;. The van der Waals surface area contributed by atoms with E-state index >= 15 is 0 Å². The Hall–Kier alpha value is -2.59. The summed E-state index contributed by atoms with van der Waals surface area (Å²) in [5.74, 6) is 0. The number of H-pyrrole nitrogens is 2. The van der Waals surface area contributed by atoms with Gasteiger partial charge in [-0.3, -0.25) is 0 Å². The van der Waals surface area contributed by atoms with Crippen LogP contribution in [0.1, 0.15) is 22.8 Å². The molecule has 129 valence electrons. The van der Waals surface area contributed by atoms with Gasteiger partial charge in [0.05, 0.1) is 22.8 Å². The van der Waals surface area contributed by atoms with Crippen molar-refractivity contribution in [2.45, 2.75) is 0 Å². The summed E-state index contributed by atoms with van der Waals surface area (Å²) < 4.78 is 0. The molecule has 1 radical (unpaired) electrons. The first-order chi connectivity index (χ1) is 11.8. The summed E-state index contributed by atoms with van der Waals surface area (Å²) >= 11 is 0. The summed E-state index contributed by atoms with van der Waals surface area (Å²) in [6.45, 7) is 0. The van der Waals surface area contributed by atoms with Crippen molar-refractivity contribution in [3.8, 4) is 0 Å². The smallest absolute Gasteiger partial charge is 0.0659 e. The van der Waals surface area contributed by atoms with Gasteiger partial charge in [-0.1, -0.05) is 0 Å². The number of rotatable bonds is 0. The van der Waals surface area contributed by atoms with Crippen LogP contribution in [0.15, 0.2) is 48.5 Å². The summed E-state index contributed by atoms with van der Waals surface area (Å²) in [4.78, 5) is 16.0. The molecule has 0 aromatic carbocycles. The van der Waals surface area contributed by atoms with Crippen LogP contribution < -0.4 is 0 Å². The quantitative estimate of drug-likeness (QED) is 0.356. The summed E-state index contributed by atoms with van der Waals surface area (Å²) in [5.41, 5.74) is 7.86. The van der Waals surface area contributed by atoms with E-state index in [-0.39, 0.29) is 29.5 Å². The zero-order chi connectivity index (χ0) is 15.9. The van der Waals surface area contributed by atoms with E-state index in [0.717, 1.165) is 44.8 Å². The van der Waals surface area contributed by atoms with Crippen LogP contribution in [0.2, 0.25) is 0 Å².